The standard InChI is InChI=1S/C7H11NO2.ClH/c8-6-4-2-1-3-5(6)7(9)10;/h1-2,5-6H,3-4,8H2,(H,9,10);1H/t5-,6+;/m1./s1. The molecule has 1 aliphatic rings. The fraction of sp³-hybridized carbons (Fsp3) is 0.571. The van der Waals surface area contributed by atoms with Gasteiger partial charge in [0.05, 0.1) is 5.92 Å². The van der Waals surface area contributed by atoms with Gasteiger partial charge in [-0.05, 0) is 12.8 Å². The number of hydrogen-bond donors (Lipinski definition) is 2. The van der Waals surface area contributed by atoms with Gasteiger partial charge in [-0.1, -0.05) is 12.2 Å². The predicted octanol–water partition coefficient (Wildman–Crippen LogP) is 0.786. The molecule has 0 saturated carbocycles. The Kier molecular flexibility index (Phi) is 4.15. The van der Waals surface area contributed by atoms with Crippen LogP contribution in [0.4, 0.5) is 0 Å². The Balaban J connectivity index is 0.000001000. The predicted molar refractivity (Wildman–Crippen MR) is 44.7 cm³/mol. The highest BCUT2D eigenvalue weighted by Crippen LogP contribution is 2.16. The Morgan fingerprint density at radius 3 is 2.36 bits per heavy atom. The molecule has 0 amide bonds. The summed E-state index contributed by atoms with van der Waals surface area (Å²) in [6.07, 6.45) is 5.08. The molecule has 0 heterocycles. The van der Waals surface area contributed by atoms with Crippen molar-refractivity contribution in [2.75, 3.05) is 0 Å². The minimum absolute atomic E-state index is 0. The van der Waals surface area contributed by atoms with E-state index in [0.717, 1.165) is 0 Å². The van der Waals surface area contributed by atoms with Crippen molar-refractivity contribution in [1.29, 1.82) is 0 Å². The molecular weight excluding hydrogens is 166 g/mol. The number of nitrogens with two attached hydrogens (primary N) is 1. The van der Waals surface area contributed by atoms with Crippen LogP contribution >= 0.6 is 12.4 Å². The molecule has 0 spiro atoms. The zero-order chi connectivity index (χ0) is 7.56. The molecule has 2 atom stereocenters. The molecule has 1 aliphatic carbocycles. The first kappa shape index (κ1) is 10.5. The second-order valence-electron chi connectivity index (χ2n) is 2.55. The number of aliphatic carboxylic acids is 1. The van der Waals surface area contributed by atoms with Crippen molar-refractivity contribution in [3.8, 4) is 0 Å². The van der Waals surface area contributed by atoms with Crippen molar-refractivity contribution in [3.05, 3.63) is 12.2 Å². The van der Waals surface area contributed by atoms with Crippen LogP contribution in [0.2, 0.25) is 0 Å². The van der Waals surface area contributed by atoms with Crippen molar-refractivity contribution in [1.82, 2.24) is 0 Å². The van der Waals surface area contributed by atoms with Gasteiger partial charge < -0.3 is 10.8 Å². The number of carboxylic acids is 1. The number of carbonyl (C=O) groups is 1. The molecule has 4 heteroatoms. The van der Waals surface area contributed by atoms with Crippen molar-refractivity contribution in [3.63, 3.8) is 0 Å². The lowest BCUT2D eigenvalue weighted by Crippen LogP contribution is -2.36. The summed E-state index contributed by atoms with van der Waals surface area (Å²) in [5.41, 5.74) is 5.55. The summed E-state index contributed by atoms with van der Waals surface area (Å²) < 4.78 is 0. The first-order valence-corrected chi connectivity index (χ1v) is 3.35. The lowest BCUT2D eigenvalue weighted by atomic mass is 9.90. The van der Waals surface area contributed by atoms with Crippen LogP contribution in [-0.2, 0) is 4.79 Å². The minimum Gasteiger partial charge on any atom is -0.481 e. The summed E-state index contributed by atoms with van der Waals surface area (Å²) >= 11 is 0. The topological polar surface area (TPSA) is 63.3 Å². The molecule has 0 aromatic rings. The first-order valence-electron chi connectivity index (χ1n) is 3.35. The molecular formula is C7H12ClNO2. The largest absolute Gasteiger partial charge is 0.481 e. The van der Waals surface area contributed by atoms with Gasteiger partial charge in [0.1, 0.15) is 0 Å². The summed E-state index contributed by atoms with van der Waals surface area (Å²) in [6, 6.07) is -0.192. The summed E-state index contributed by atoms with van der Waals surface area (Å²) in [7, 11) is 0. The monoisotopic (exact) mass is 177 g/mol. The molecule has 0 unspecified atom stereocenters. The summed E-state index contributed by atoms with van der Waals surface area (Å²) in [5, 5.41) is 8.59. The fourth-order valence-electron chi connectivity index (χ4n) is 1.12. The lowest BCUT2D eigenvalue weighted by Gasteiger charge is -2.20. The van der Waals surface area contributed by atoms with Crippen LogP contribution in [0.3, 0.4) is 0 Å². The smallest absolute Gasteiger partial charge is 0.308 e. The average molecular weight is 178 g/mol. The highest BCUT2D eigenvalue weighted by Gasteiger charge is 2.24. The van der Waals surface area contributed by atoms with Gasteiger partial charge >= 0.3 is 5.97 Å². The molecule has 3 N–H and O–H groups in total. The third-order valence-corrected chi connectivity index (χ3v) is 1.80. The van der Waals surface area contributed by atoms with Crippen LogP contribution in [0.1, 0.15) is 12.8 Å². The Morgan fingerprint density at radius 1 is 1.45 bits per heavy atom. The maximum atomic E-state index is 10.5. The zero-order valence-corrected chi connectivity index (χ0v) is 6.88. The van der Waals surface area contributed by atoms with Crippen LogP contribution in [0, 0.1) is 5.92 Å². The van der Waals surface area contributed by atoms with Gasteiger partial charge in [0.25, 0.3) is 0 Å². The highest BCUT2D eigenvalue weighted by molar-refractivity contribution is 5.85. The average Bonchev–Trinajstić information content (AvgIpc) is 1.88. The van der Waals surface area contributed by atoms with E-state index in [1.54, 1.807) is 0 Å². The molecule has 0 aromatic carbocycles. The minimum atomic E-state index is -0.781. The quantitative estimate of drug-likeness (QED) is 0.582. The Bertz CT molecular complexity index is 170. The second kappa shape index (κ2) is 4.36. The fourth-order valence-corrected chi connectivity index (χ4v) is 1.12. The van der Waals surface area contributed by atoms with Gasteiger partial charge in [-0.25, -0.2) is 0 Å². The molecule has 0 fully saturated rings. The maximum absolute atomic E-state index is 10.5. The van der Waals surface area contributed by atoms with Crippen LogP contribution in [0.5, 0.6) is 0 Å². The number of halogens is 1. The van der Waals surface area contributed by atoms with E-state index in [-0.39, 0.29) is 24.4 Å². The normalized spacial score (nSPS) is 29.2. The molecule has 0 radical (unpaired) electrons. The Labute approximate surface area is 71.7 Å². The number of carboxylic acid groups (broad SMARTS) is 1. The lowest BCUT2D eigenvalue weighted by molar-refractivity contribution is -0.142. The van der Waals surface area contributed by atoms with Crippen molar-refractivity contribution >= 4 is 18.4 Å². The number of allylic oxidation sites excluding steroid dienone is 1. The van der Waals surface area contributed by atoms with Crippen LogP contribution < -0.4 is 5.73 Å². The Hall–Kier alpha value is -0.540. The molecule has 0 bridgehead atoms. The maximum Gasteiger partial charge on any atom is 0.308 e. The Morgan fingerprint density at radius 2 is 2.00 bits per heavy atom. The van der Waals surface area contributed by atoms with Gasteiger partial charge in [-0.15, -0.1) is 12.4 Å². The van der Waals surface area contributed by atoms with Gasteiger partial charge in [0, 0.05) is 6.04 Å². The van der Waals surface area contributed by atoms with Gasteiger partial charge in [-0.2, -0.15) is 0 Å². The number of hydrogen-bond acceptors (Lipinski definition) is 2. The molecule has 3 nitrogen and oxygen atoms in total. The van der Waals surface area contributed by atoms with E-state index < -0.39 is 5.97 Å². The van der Waals surface area contributed by atoms with Crippen LogP contribution in [0.15, 0.2) is 12.2 Å². The van der Waals surface area contributed by atoms with E-state index in [1.807, 2.05) is 12.2 Å². The number of rotatable bonds is 1. The van der Waals surface area contributed by atoms with E-state index in [4.69, 9.17) is 10.8 Å². The molecule has 0 aliphatic heterocycles. The van der Waals surface area contributed by atoms with Crippen LogP contribution in [0.25, 0.3) is 0 Å². The van der Waals surface area contributed by atoms with Crippen LogP contribution in [-0.4, -0.2) is 17.1 Å². The summed E-state index contributed by atoms with van der Waals surface area (Å²) in [6.45, 7) is 0. The molecule has 11 heavy (non-hydrogen) atoms. The zero-order valence-electron chi connectivity index (χ0n) is 6.06. The van der Waals surface area contributed by atoms with E-state index in [9.17, 15) is 4.79 Å². The van der Waals surface area contributed by atoms with E-state index in [2.05, 4.69) is 0 Å². The molecule has 0 aromatic heterocycles. The first-order chi connectivity index (χ1) is 4.72. The third-order valence-electron chi connectivity index (χ3n) is 1.80. The van der Waals surface area contributed by atoms with Gasteiger partial charge in [0.2, 0.25) is 0 Å². The van der Waals surface area contributed by atoms with E-state index in [1.165, 1.54) is 0 Å². The van der Waals surface area contributed by atoms with E-state index in [0.29, 0.717) is 12.8 Å². The van der Waals surface area contributed by atoms with E-state index >= 15 is 0 Å². The molecule has 64 valence electrons. The van der Waals surface area contributed by atoms with Crippen molar-refractivity contribution < 1.29 is 9.90 Å². The summed E-state index contributed by atoms with van der Waals surface area (Å²) in [5.74, 6) is -1.15. The molecule has 0 saturated heterocycles. The van der Waals surface area contributed by atoms with Gasteiger partial charge in [0.15, 0.2) is 0 Å². The van der Waals surface area contributed by atoms with Crippen molar-refractivity contribution in [2.45, 2.75) is 18.9 Å². The second-order valence-corrected chi connectivity index (χ2v) is 2.55. The SMILES string of the molecule is Cl.N[C@H]1CC=CC[C@H]1C(=O)O. The van der Waals surface area contributed by atoms with Gasteiger partial charge in [-0.3, -0.25) is 4.79 Å². The highest BCUT2D eigenvalue weighted by atomic mass is 35.5. The summed E-state index contributed by atoms with van der Waals surface area (Å²) in [4.78, 5) is 10.5. The van der Waals surface area contributed by atoms with Crippen molar-refractivity contribution in [2.24, 2.45) is 11.7 Å². The third kappa shape index (κ3) is 2.52. The molecule has 1 rings (SSSR count).